The second-order valence-corrected chi connectivity index (χ2v) is 10.1. The molecule has 4 atom stereocenters. The first-order valence-electron chi connectivity index (χ1n) is 11.2. The minimum atomic E-state index is -4.07. The second-order valence-electron chi connectivity index (χ2n) is 8.73. The van der Waals surface area contributed by atoms with Crippen LogP contribution in [-0.4, -0.2) is 71.1 Å². The van der Waals surface area contributed by atoms with Crippen molar-refractivity contribution < 1.29 is 32.1 Å². The summed E-state index contributed by atoms with van der Waals surface area (Å²) in [6, 6.07) is 2.47. The van der Waals surface area contributed by atoms with E-state index in [-0.39, 0.29) is 17.2 Å². The SMILES string of the molecule is Nc1ncc2c(C#Cc3c(F)cc(N4CCC4)cc3F)cn([C@@H]3O[C@H](CNS(N)(=O)=O)[C@@H](O)[C@H]3O)c2n1. The van der Waals surface area contributed by atoms with E-state index in [9.17, 15) is 27.4 Å². The highest BCUT2D eigenvalue weighted by Crippen LogP contribution is 2.33. The lowest BCUT2D eigenvalue weighted by Gasteiger charge is -2.33. The number of anilines is 2. The second kappa shape index (κ2) is 9.49. The minimum absolute atomic E-state index is 0.106. The molecule has 37 heavy (non-hydrogen) atoms. The Bertz CT molecular complexity index is 1510. The zero-order valence-corrected chi connectivity index (χ0v) is 20.0. The first-order valence-corrected chi connectivity index (χ1v) is 12.7. The molecule has 4 heterocycles. The highest BCUT2D eigenvalue weighted by molar-refractivity contribution is 7.87. The quantitative estimate of drug-likeness (QED) is 0.264. The molecular weight excluding hydrogens is 512 g/mol. The lowest BCUT2D eigenvalue weighted by molar-refractivity contribution is -0.0326. The molecule has 2 aliphatic rings. The molecule has 0 bridgehead atoms. The van der Waals surface area contributed by atoms with Gasteiger partial charge >= 0.3 is 0 Å². The molecular formula is C22H23F2N7O5S. The molecule has 5 rings (SSSR count). The number of hydrogen-bond donors (Lipinski definition) is 5. The Morgan fingerprint density at radius 2 is 1.89 bits per heavy atom. The van der Waals surface area contributed by atoms with Gasteiger partial charge in [-0.2, -0.15) is 18.1 Å². The van der Waals surface area contributed by atoms with Crippen LogP contribution in [0.2, 0.25) is 0 Å². The highest BCUT2D eigenvalue weighted by atomic mass is 32.2. The summed E-state index contributed by atoms with van der Waals surface area (Å²) in [5, 5.41) is 26.3. The van der Waals surface area contributed by atoms with Gasteiger partial charge in [0.25, 0.3) is 10.2 Å². The number of rotatable bonds is 5. The molecule has 0 unspecified atom stereocenters. The highest BCUT2D eigenvalue weighted by Gasteiger charge is 2.44. The molecule has 7 N–H and O–H groups in total. The molecule has 3 aromatic rings. The molecule has 1 aromatic carbocycles. The third-order valence-electron chi connectivity index (χ3n) is 6.26. The van der Waals surface area contributed by atoms with Gasteiger partial charge in [0.05, 0.1) is 16.5 Å². The van der Waals surface area contributed by atoms with Gasteiger partial charge in [-0.05, 0) is 18.6 Å². The lowest BCUT2D eigenvalue weighted by atomic mass is 10.1. The van der Waals surface area contributed by atoms with Crippen LogP contribution in [0.15, 0.2) is 24.5 Å². The van der Waals surface area contributed by atoms with E-state index in [4.69, 9.17) is 15.6 Å². The fourth-order valence-electron chi connectivity index (χ4n) is 4.23. The Balaban J connectivity index is 1.50. The predicted octanol–water partition coefficient (Wildman–Crippen LogP) is -0.686. The molecule has 0 amide bonds. The lowest BCUT2D eigenvalue weighted by Crippen LogP contribution is -2.42. The summed E-state index contributed by atoms with van der Waals surface area (Å²) in [5.74, 6) is 3.51. The van der Waals surface area contributed by atoms with Crippen molar-refractivity contribution in [2.45, 2.75) is 31.0 Å². The summed E-state index contributed by atoms with van der Waals surface area (Å²) in [6.07, 6.45) is -1.61. The Kier molecular flexibility index (Phi) is 6.48. The monoisotopic (exact) mass is 535 g/mol. The Labute approximate surface area is 210 Å². The van der Waals surface area contributed by atoms with Crippen molar-refractivity contribution >= 4 is 32.9 Å². The number of benzene rings is 1. The fourth-order valence-corrected chi connectivity index (χ4v) is 4.62. The van der Waals surface area contributed by atoms with Crippen molar-refractivity contribution in [2.24, 2.45) is 5.14 Å². The topological polar surface area (TPSA) is 182 Å². The van der Waals surface area contributed by atoms with E-state index in [0.717, 1.165) is 19.5 Å². The van der Waals surface area contributed by atoms with Crippen LogP contribution < -0.4 is 20.5 Å². The molecule has 196 valence electrons. The standard InChI is InChI=1S/C22H23F2N7O5S/c23-15-6-12(30-4-1-5-30)7-16(24)13(15)3-2-11-10-31(20-14(11)8-27-22(25)29-20)21-19(33)18(32)17(36-21)9-28-37(26,34)35/h6-8,10,17-19,21,28,32-33H,1,4-5,9H2,(H2,25,27,29)(H2,26,34,35)/t17-,18-,19-,21-/m1/s1. The van der Waals surface area contributed by atoms with Gasteiger partial charge < -0.3 is 30.2 Å². The maximum atomic E-state index is 14.7. The first kappa shape index (κ1) is 25.3. The van der Waals surface area contributed by atoms with Crippen molar-refractivity contribution in [2.75, 3.05) is 30.3 Å². The largest absolute Gasteiger partial charge is 0.387 e. The van der Waals surface area contributed by atoms with E-state index in [1.165, 1.54) is 29.1 Å². The van der Waals surface area contributed by atoms with Crippen LogP contribution in [-0.2, 0) is 14.9 Å². The number of nitrogens with two attached hydrogens (primary N) is 2. The number of nitrogens with one attached hydrogen (secondary N) is 1. The van der Waals surface area contributed by atoms with E-state index in [1.807, 2.05) is 9.62 Å². The Morgan fingerprint density at radius 1 is 1.19 bits per heavy atom. The van der Waals surface area contributed by atoms with Crippen LogP contribution in [0, 0.1) is 23.5 Å². The van der Waals surface area contributed by atoms with Gasteiger partial charge in [-0.1, -0.05) is 11.8 Å². The normalized spacial score (nSPS) is 23.6. The number of nitrogens with zero attached hydrogens (tertiary/aromatic N) is 4. The molecule has 0 aliphatic carbocycles. The number of nitrogen functional groups attached to an aromatic ring is 1. The number of aliphatic hydroxyl groups excluding tert-OH is 2. The Hall–Kier alpha value is -3.39. The van der Waals surface area contributed by atoms with Crippen molar-refractivity contribution in [1.29, 1.82) is 0 Å². The molecule has 12 nitrogen and oxygen atoms in total. The Morgan fingerprint density at radius 3 is 2.51 bits per heavy atom. The average molecular weight is 536 g/mol. The van der Waals surface area contributed by atoms with Gasteiger partial charge in [0.15, 0.2) is 6.23 Å². The van der Waals surface area contributed by atoms with Crippen molar-refractivity contribution in [1.82, 2.24) is 19.3 Å². The number of ether oxygens (including phenoxy) is 1. The number of aliphatic hydroxyl groups is 2. The van der Waals surface area contributed by atoms with Crippen LogP contribution in [0.5, 0.6) is 0 Å². The van der Waals surface area contributed by atoms with E-state index in [0.29, 0.717) is 11.1 Å². The summed E-state index contributed by atoms with van der Waals surface area (Å²) < 4.78 is 60.8. The molecule has 0 spiro atoms. The zero-order chi connectivity index (χ0) is 26.5. The molecule has 2 saturated heterocycles. The average Bonchev–Trinajstić information content (AvgIpc) is 3.27. The fraction of sp³-hybridized carbons (Fsp3) is 0.364. The summed E-state index contributed by atoms with van der Waals surface area (Å²) in [4.78, 5) is 9.94. The van der Waals surface area contributed by atoms with Gasteiger partial charge in [0.1, 0.15) is 35.6 Å². The molecule has 0 radical (unpaired) electrons. The molecule has 0 saturated carbocycles. The number of aromatic nitrogens is 3. The van der Waals surface area contributed by atoms with Crippen molar-refractivity contribution in [3.63, 3.8) is 0 Å². The van der Waals surface area contributed by atoms with Gasteiger partial charge in [-0.3, -0.25) is 0 Å². The molecule has 2 fully saturated rings. The number of halogens is 2. The van der Waals surface area contributed by atoms with Gasteiger partial charge in [0.2, 0.25) is 5.95 Å². The zero-order valence-electron chi connectivity index (χ0n) is 19.2. The number of fused-ring (bicyclic) bond motifs is 1. The van der Waals surface area contributed by atoms with E-state index in [2.05, 4.69) is 21.8 Å². The summed E-state index contributed by atoms with van der Waals surface area (Å²) in [7, 11) is -4.07. The van der Waals surface area contributed by atoms with Gasteiger partial charge in [0, 0.05) is 37.7 Å². The smallest absolute Gasteiger partial charge is 0.274 e. The van der Waals surface area contributed by atoms with Gasteiger partial charge in [-0.25, -0.2) is 18.9 Å². The summed E-state index contributed by atoms with van der Waals surface area (Å²) in [5.41, 5.74) is 6.18. The number of hydrogen-bond acceptors (Lipinski definition) is 9. The van der Waals surface area contributed by atoms with Crippen molar-refractivity contribution in [3.8, 4) is 11.8 Å². The molecule has 2 aliphatic heterocycles. The third-order valence-corrected chi connectivity index (χ3v) is 6.83. The summed E-state index contributed by atoms with van der Waals surface area (Å²) in [6.45, 7) is 1.06. The summed E-state index contributed by atoms with van der Waals surface area (Å²) >= 11 is 0. The van der Waals surface area contributed by atoms with Crippen LogP contribution in [0.25, 0.3) is 11.0 Å². The van der Waals surface area contributed by atoms with Gasteiger partial charge in [-0.15, -0.1) is 0 Å². The molecule has 15 heteroatoms. The van der Waals surface area contributed by atoms with E-state index < -0.39 is 58.5 Å². The van der Waals surface area contributed by atoms with E-state index in [1.54, 1.807) is 0 Å². The van der Waals surface area contributed by atoms with Crippen LogP contribution in [0.3, 0.4) is 0 Å². The van der Waals surface area contributed by atoms with Crippen LogP contribution >= 0.6 is 0 Å². The van der Waals surface area contributed by atoms with Crippen molar-refractivity contribution in [3.05, 3.63) is 47.3 Å². The molecule has 2 aromatic heterocycles. The maximum absolute atomic E-state index is 14.7. The minimum Gasteiger partial charge on any atom is -0.387 e. The maximum Gasteiger partial charge on any atom is 0.274 e. The first-order chi connectivity index (χ1) is 17.5. The third kappa shape index (κ3) is 4.94. The predicted molar refractivity (Wildman–Crippen MR) is 128 cm³/mol. The van der Waals surface area contributed by atoms with Crippen LogP contribution in [0.4, 0.5) is 20.4 Å². The van der Waals surface area contributed by atoms with Crippen LogP contribution in [0.1, 0.15) is 23.8 Å². The van der Waals surface area contributed by atoms with E-state index >= 15 is 0 Å².